The van der Waals surface area contributed by atoms with Crippen molar-refractivity contribution in [1.29, 1.82) is 0 Å². The monoisotopic (exact) mass is 267 g/mol. The molecule has 0 fully saturated rings. The predicted molar refractivity (Wildman–Crippen MR) is 45.5 cm³/mol. The van der Waals surface area contributed by atoms with Crippen LogP contribution < -0.4 is 4.74 Å². The number of alkyl halides is 3. The van der Waals surface area contributed by atoms with Gasteiger partial charge in [0.15, 0.2) is 0 Å². The van der Waals surface area contributed by atoms with Gasteiger partial charge in [-0.3, -0.25) is 0 Å². The minimum atomic E-state index is -4.49. The number of halogens is 4. The van der Waals surface area contributed by atoms with Gasteiger partial charge in [-0.25, -0.2) is 4.79 Å². The number of hydrogen-bond acceptors (Lipinski definition) is 2. The van der Waals surface area contributed by atoms with Crippen molar-refractivity contribution in [2.45, 2.75) is 6.18 Å². The van der Waals surface area contributed by atoms with Gasteiger partial charge in [0.1, 0.15) is 5.75 Å². The van der Waals surface area contributed by atoms with Gasteiger partial charge in [-0.05, 0) is 18.2 Å². The quantitative estimate of drug-likeness (QED) is 0.824. The lowest BCUT2D eigenvalue weighted by Crippen LogP contribution is -2.06. The van der Waals surface area contributed by atoms with E-state index >= 15 is 0 Å². The molecule has 0 aromatic heterocycles. The van der Waals surface area contributed by atoms with Crippen molar-refractivity contribution in [1.82, 2.24) is 0 Å². The van der Waals surface area contributed by atoms with Crippen LogP contribution in [0.2, 0.25) is 0 Å². The van der Waals surface area contributed by atoms with E-state index in [-0.39, 0.29) is 10.2 Å². The van der Waals surface area contributed by atoms with E-state index in [1.54, 1.807) is 0 Å². The van der Waals surface area contributed by atoms with Crippen LogP contribution in [-0.4, -0.2) is 6.47 Å². The summed E-state index contributed by atoms with van der Waals surface area (Å²) in [6.07, 6.45) is -4.49. The summed E-state index contributed by atoms with van der Waals surface area (Å²) in [5.41, 5.74) is -0.898. The number of rotatable bonds is 2. The van der Waals surface area contributed by atoms with Crippen LogP contribution in [0.5, 0.6) is 5.75 Å². The Balaban J connectivity index is 3.15. The third-order valence-corrected chi connectivity index (χ3v) is 2.09. The van der Waals surface area contributed by atoms with E-state index < -0.39 is 11.7 Å². The molecule has 0 amide bonds. The molecule has 0 aliphatic heterocycles. The Bertz CT molecular complexity index is 349. The fourth-order valence-corrected chi connectivity index (χ4v) is 1.30. The molecule has 0 spiro atoms. The highest BCUT2D eigenvalue weighted by Crippen LogP contribution is 2.36. The second-order valence-corrected chi connectivity index (χ2v) is 3.18. The molecule has 1 radical (unpaired) electrons. The fraction of sp³-hybridized carbons (Fsp3) is 0.125. The molecular weight excluding hydrogens is 265 g/mol. The van der Waals surface area contributed by atoms with E-state index in [2.05, 4.69) is 20.7 Å². The standard InChI is InChI=1S/C8H3BrF3O2/c9-7-2-1-5(14-4-13)3-6(7)8(10,11)12/h1-3H. The van der Waals surface area contributed by atoms with E-state index in [9.17, 15) is 18.0 Å². The summed E-state index contributed by atoms with van der Waals surface area (Å²) in [7, 11) is 0. The summed E-state index contributed by atoms with van der Waals surface area (Å²) < 4.78 is 40.9. The Morgan fingerprint density at radius 1 is 1.36 bits per heavy atom. The smallest absolute Gasteiger partial charge is 0.418 e. The van der Waals surface area contributed by atoms with Gasteiger partial charge >= 0.3 is 12.6 Å². The number of benzene rings is 1. The van der Waals surface area contributed by atoms with Crippen molar-refractivity contribution in [2.24, 2.45) is 0 Å². The van der Waals surface area contributed by atoms with Crippen molar-refractivity contribution in [3.05, 3.63) is 28.2 Å². The van der Waals surface area contributed by atoms with Crippen LogP contribution >= 0.6 is 15.9 Å². The van der Waals surface area contributed by atoms with Crippen molar-refractivity contribution < 1.29 is 22.7 Å². The first kappa shape index (κ1) is 11.0. The second kappa shape index (κ2) is 4.00. The number of hydrogen-bond donors (Lipinski definition) is 0. The lowest BCUT2D eigenvalue weighted by molar-refractivity contribution is -0.138. The van der Waals surface area contributed by atoms with Crippen LogP contribution in [-0.2, 0) is 11.0 Å². The predicted octanol–water partition coefficient (Wildman–Crippen LogP) is 2.91. The molecule has 0 saturated carbocycles. The maximum absolute atomic E-state index is 12.3. The number of carbonyl (C=O) groups excluding carboxylic acids is 1. The molecule has 1 rings (SSSR count). The summed E-state index contributed by atoms with van der Waals surface area (Å²) in [6, 6.07) is 3.09. The normalized spacial score (nSPS) is 11.1. The van der Waals surface area contributed by atoms with Crippen LogP contribution in [0.15, 0.2) is 22.7 Å². The van der Waals surface area contributed by atoms with E-state index in [1.807, 2.05) is 0 Å². The molecular formula is C8H3BrF3O2. The first-order valence-corrected chi connectivity index (χ1v) is 4.15. The fourth-order valence-electron chi connectivity index (χ4n) is 0.833. The van der Waals surface area contributed by atoms with Crippen LogP contribution in [0.1, 0.15) is 5.56 Å². The highest BCUT2D eigenvalue weighted by molar-refractivity contribution is 9.10. The zero-order chi connectivity index (χ0) is 10.8. The molecule has 0 atom stereocenters. The minimum Gasteiger partial charge on any atom is -0.418 e. The van der Waals surface area contributed by atoms with Crippen molar-refractivity contribution in [3.63, 3.8) is 0 Å². The van der Waals surface area contributed by atoms with Gasteiger partial charge in [0.2, 0.25) is 0 Å². The Morgan fingerprint density at radius 3 is 2.50 bits per heavy atom. The maximum atomic E-state index is 12.3. The lowest BCUT2D eigenvalue weighted by Gasteiger charge is -2.09. The summed E-state index contributed by atoms with van der Waals surface area (Å²) in [5, 5.41) is 0. The van der Waals surface area contributed by atoms with Gasteiger partial charge in [0.05, 0.1) is 5.56 Å². The van der Waals surface area contributed by atoms with E-state index in [4.69, 9.17) is 0 Å². The molecule has 14 heavy (non-hydrogen) atoms. The molecule has 0 aliphatic rings. The summed E-state index contributed by atoms with van der Waals surface area (Å²) in [6.45, 7) is 1.05. The van der Waals surface area contributed by atoms with E-state index in [0.717, 1.165) is 18.6 Å². The van der Waals surface area contributed by atoms with Crippen molar-refractivity contribution in [3.8, 4) is 5.75 Å². The summed E-state index contributed by atoms with van der Waals surface area (Å²) >= 11 is 2.74. The topological polar surface area (TPSA) is 26.3 Å². The van der Waals surface area contributed by atoms with Crippen LogP contribution in [0.4, 0.5) is 13.2 Å². The third-order valence-electron chi connectivity index (χ3n) is 1.40. The average molecular weight is 268 g/mol. The third kappa shape index (κ3) is 2.47. The molecule has 75 valence electrons. The molecule has 0 unspecified atom stereocenters. The lowest BCUT2D eigenvalue weighted by atomic mass is 10.2. The molecule has 1 aromatic rings. The maximum Gasteiger partial charge on any atom is 0.423 e. The molecule has 0 bridgehead atoms. The summed E-state index contributed by atoms with van der Waals surface area (Å²) in [4.78, 5) is 9.78. The highest BCUT2D eigenvalue weighted by Gasteiger charge is 2.33. The Labute approximate surface area is 85.8 Å². The molecule has 0 aliphatic carbocycles. The van der Waals surface area contributed by atoms with Gasteiger partial charge < -0.3 is 4.74 Å². The second-order valence-electron chi connectivity index (χ2n) is 2.32. The molecule has 0 N–H and O–H groups in total. The van der Waals surface area contributed by atoms with Crippen molar-refractivity contribution in [2.75, 3.05) is 0 Å². The number of ether oxygens (including phenoxy) is 1. The molecule has 1 aromatic carbocycles. The first-order chi connectivity index (χ1) is 6.45. The molecule has 0 saturated heterocycles. The van der Waals surface area contributed by atoms with Crippen molar-refractivity contribution >= 4 is 22.4 Å². The Kier molecular flexibility index (Phi) is 3.15. The van der Waals surface area contributed by atoms with Crippen LogP contribution in [0.3, 0.4) is 0 Å². The van der Waals surface area contributed by atoms with E-state index in [0.29, 0.717) is 0 Å². The Morgan fingerprint density at radius 2 is 2.00 bits per heavy atom. The van der Waals surface area contributed by atoms with Gasteiger partial charge in [-0.15, -0.1) is 0 Å². The largest absolute Gasteiger partial charge is 0.423 e. The summed E-state index contributed by atoms with van der Waals surface area (Å²) in [5.74, 6) is -0.199. The van der Waals surface area contributed by atoms with Crippen LogP contribution in [0.25, 0.3) is 0 Å². The van der Waals surface area contributed by atoms with Gasteiger partial charge in [-0.1, -0.05) is 15.9 Å². The molecule has 2 nitrogen and oxygen atoms in total. The zero-order valence-corrected chi connectivity index (χ0v) is 8.15. The highest BCUT2D eigenvalue weighted by atomic mass is 79.9. The first-order valence-electron chi connectivity index (χ1n) is 3.36. The molecule has 0 heterocycles. The Hall–Kier alpha value is -1.04. The zero-order valence-electron chi connectivity index (χ0n) is 6.56. The van der Waals surface area contributed by atoms with E-state index in [1.165, 1.54) is 6.07 Å². The minimum absolute atomic E-state index is 0.108. The average Bonchev–Trinajstić information content (AvgIpc) is 2.07. The van der Waals surface area contributed by atoms with Gasteiger partial charge in [-0.2, -0.15) is 13.2 Å². The van der Waals surface area contributed by atoms with Gasteiger partial charge in [0, 0.05) is 4.47 Å². The van der Waals surface area contributed by atoms with Gasteiger partial charge in [0.25, 0.3) is 0 Å². The SMILES string of the molecule is O=[C]Oc1ccc(Br)c(C(F)(F)F)c1. The van der Waals surface area contributed by atoms with Crippen LogP contribution in [0, 0.1) is 0 Å². The molecule has 6 heteroatoms.